The molecule has 0 fully saturated rings. The molecule has 0 aliphatic rings. The van der Waals surface area contributed by atoms with Crippen LogP contribution < -0.4 is 5.73 Å². The maximum atomic E-state index is 11.4. The molecule has 1 aromatic rings. The van der Waals surface area contributed by atoms with Gasteiger partial charge in [0.2, 0.25) is 0 Å². The van der Waals surface area contributed by atoms with Gasteiger partial charge in [0, 0.05) is 5.70 Å². The van der Waals surface area contributed by atoms with Gasteiger partial charge in [-0.2, -0.15) is 0 Å². The Labute approximate surface area is 132 Å². The fraction of sp³-hybridized carbons (Fsp3) is 0.467. The van der Waals surface area contributed by atoms with E-state index in [1.165, 1.54) is 11.5 Å². The topological polar surface area (TPSA) is 85.4 Å². The van der Waals surface area contributed by atoms with E-state index in [1.54, 1.807) is 19.1 Å². The van der Waals surface area contributed by atoms with Crippen molar-refractivity contribution in [1.29, 1.82) is 0 Å². The summed E-state index contributed by atoms with van der Waals surface area (Å²) in [7, 11) is 0. The zero-order valence-electron chi connectivity index (χ0n) is 13.3. The predicted octanol–water partition coefficient (Wildman–Crippen LogP) is 3.07. The number of hydrogen-bond acceptors (Lipinski definition) is 6. The van der Waals surface area contributed by atoms with Gasteiger partial charge in [-0.1, -0.05) is 33.8 Å². The van der Waals surface area contributed by atoms with Crippen molar-refractivity contribution in [3.63, 3.8) is 0 Å². The molecule has 0 aromatic carbocycles. The third-order valence-corrected chi connectivity index (χ3v) is 2.30. The average molecular weight is 314 g/mol. The van der Waals surface area contributed by atoms with E-state index in [0.29, 0.717) is 0 Å². The number of aromatic nitrogens is 1. The van der Waals surface area contributed by atoms with Gasteiger partial charge in [0.05, 0.1) is 12.3 Å². The number of nitrogens with zero attached hydrogens (tertiary/aromatic N) is 1. The van der Waals surface area contributed by atoms with E-state index in [4.69, 9.17) is 10.5 Å². The van der Waals surface area contributed by atoms with Gasteiger partial charge < -0.3 is 15.6 Å². The largest absolute Gasteiger partial charge is 0.461 e. The molecule has 0 saturated heterocycles. The molecular formula is C15H26N2O3S. The first kappa shape index (κ1) is 21.8. The molecule has 1 heterocycles. The molecule has 0 saturated carbocycles. The van der Waals surface area contributed by atoms with Gasteiger partial charge in [0.1, 0.15) is 11.8 Å². The van der Waals surface area contributed by atoms with Gasteiger partial charge in [-0.05, 0) is 24.5 Å². The molecule has 0 amide bonds. The highest BCUT2D eigenvalue weighted by Crippen LogP contribution is 2.16. The van der Waals surface area contributed by atoms with Gasteiger partial charge in [0.25, 0.3) is 0 Å². The fourth-order valence-corrected chi connectivity index (χ4v) is 1.31. The van der Waals surface area contributed by atoms with Crippen LogP contribution in [0.25, 0.3) is 0 Å². The third-order valence-electron chi connectivity index (χ3n) is 2.00. The van der Waals surface area contributed by atoms with Crippen LogP contribution in [0, 0.1) is 0 Å². The molecule has 120 valence electrons. The number of carbonyl (C=O) groups is 1. The third kappa shape index (κ3) is 7.72. The highest BCUT2D eigenvalue weighted by atomic mass is 32.1. The fourth-order valence-electron chi connectivity index (χ4n) is 1.16. The summed E-state index contributed by atoms with van der Waals surface area (Å²) < 4.78 is 4.81. The van der Waals surface area contributed by atoms with Gasteiger partial charge >= 0.3 is 5.97 Å². The van der Waals surface area contributed by atoms with E-state index in [0.717, 1.165) is 0 Å². The minimum atomic E-state index is -1.08. The highest BCUT2D eigenvalue weighted by molar-refractivity contribution is 7.83. The number of ether oxygens (including phenoxy) is 1. The second-order valence-corrected chi connectivity index (χ2v) is 3.46. The standard InChI is InChI=1S/C11H14N2O3S.2C2H6/c1-2-16-11(15)9-5-3-4-8(13-9)10(14)7(12)6-17;2*1-2/h3-6,10,14,17H,2,12H2,1H3;2*1-2H3/b7-6-;;. The summed E-state index contributed by atoms with van der Waals surface area (Å²) in [5.41, 5.74) is 6.08. The van der Waals surface area contributed by atoms with E-state index in [1.807, 2.05) is 27.7 Å². The molecule has 21 heavy (non-hydrogen) atoms. The summed E-state index contributed by atoms with van der Waals surface area (Å²) >= 11 is 3.84. The van der Waals surface area contributed by atoms with Crippen LogP contribution in [0.5, 0.6) is 0 Å². The Bertz CT molecular complexity index is 437. The summed E-state index contributed by atoms with van der Waals surface area (Å²) in [4.78, 5) is 15.4. The molecule has 5 nitrogen and oxygen atoms in total. The van der Waals surface area contributed by atoms with Crippen molar-refractivity contribution in [2.45, 2.75) is 40.7 Å². The van der Waals surface area contributed by atoms with Crippen molar-refractivity contribution in [2.75, 3.05) is 6.61 Å². The molecule has 1 rings (SSSR count). The van der Waals surface area contributed by atoms with E-state index < -0.39 is 12.1 Å². The molecule has 1 atom stereocenters. The SMILES string of the molecule is CC.CC.CCOC(=O)c1cccc(C(O)/C(N)=C/S)n1. The highest BCUT2D eigenvalue weighted by Gasteiger charge is 2.15. The second kappa shape index (κ2) is 13.5. The van der Waals surface area contributed by atoms with Crippen molar-refractivity contribution in [3.05, 3.63) is 40.7 Å². The Morgan fingerprint density at radius 2 is 2.00 bits per heavy atom. The number of rotatable bonds is 4. The van der Waals surface area contributed by atoms with E-state index in [2.05, 4.69) is 17.6 Å². The first-order valence-corrected chi connectivity index (χ1v) is 7.53. The number of pyridine rings is 1. The van der Waals surface area contributed by atoms with Crippen LogP contribution in [0.3, 0.4) is 0 Å². The molecule has 0 aliphatic heterocycles. The zero-order chi connectivity index (χ0) is 16.8. The minimum absolute atomic E-state index is 0.135. The molecule has 0 spiro atoms. The number of thiol groups is 1. The molecule has 6 heteroatoms. The zero-order valence-corrected chi connectivity index (χ0v) is 14.2. The lowest BCUT2D eigenvalue weighted by Gasteiger charge is -2.10. The summed E-state index contributed by atoms with van der Waals surface area (Å²) in [5, 5.41) is 11.0. The molecule has 1 unspecified atom stereocenters. The second-order valence-electron chi connectivity index (χ2n) is 3.20. The van der Waals surface area contributed by atoms with Crippen LogP contribution >= 0.6 is 12.6 Å². The Kier molecular flexibility index (Phi) is 13.9. The molecular weight excluding hydrogens is 288 g/mol. The normalized spacial score (nSPS) is 11.3. The lowest BCUT2D eigenvalue weighted by molar-refractivity contribution is 0.0518. The van der Waals surface area contributed by atoms with Crippen LogP contribution in [-0.4, -0.2) is 22.7 Å². The van der Waals surface area contributed by atoms with E-state index in [9.17, 15) is 9.90 Å². The first-order valence-electron chi connectivity index (χ1n) is 7.02. The van der Waals surface area contributed by atoms with Crippen LogP contribution in [0.4, 0.5) is 0 Å². The van der Waals surface area contributed by atoms with Crippen molar-refractivity contribution >= 4 is 18.6 Å². The van der Waals surface area contributed by atoms with Crippen molar-refractivity contribution in [2.24, 2.45) is 5.73 Å². The summed E-state index contributed by atoms with van der Waals surface area (Å²) in [6.07, 6.45) is -1.08. The summed E-state index contributed by atoms with van der Waals surface area (Å²) in [6.45, 7) is 9.98. The van der Waals surface area contributed by atoms with Crippen LogP contribution in [0.15, 0.2) is 29.3 Å². The molecule has 0 radical (unpaired) electrons. The van der Waals surface area contributed by atoms with Crippen LogP contribution in [0.2, 0.25) is 0 Å². The number of carbonyl (C=O) groups excluding carboxylic acids is 1. The van der Waals surface area contributed by atoms with Gasteiger partial charge in [-0.15, -0.1) is 12.6 Å². The van der Waals surface area contributed by atoms with E-state index >= 15 is 0 Å². The molecule has 0 aliphatic carbocycles. The summed E-state index contributed by atoms with van der Waals surface area (Å²) in [5.74, 6) is -0.532. The van der Waals surface area contributed by atoms with Gasteiger partial charge in [-0.3, -0.25) is 0 Å². The number of aliphatic hydroxyl groups is 1. The molecule has 1 aromatic heterocycles. The van der Waals surface area contributed by atoms with Crippen LogP contribution in [0.1, 0.15) is 56.9 Å². The Morgan fingerprint density at radius 3 is 2.48 bits per heavy atom. The van der Waals surface area contributed by atoms with Gasteiger partial charge in [0.15, 0.2) is 0 Å². The average Bonchev–Trinajstić information content (AvgIpc) is 2.57. The van der Waals surface area contributed by atoms with Gasteiger partial charge in [-0.25, -0.2) is 9.78 Å². The minimum Gasteiger partial charge on any atom is -0.461 e. The maximum Gasteiger partial charge on any atom is 0.356 e. The Hall–Kier alpha value is -1.53. The lowest BCUT2D eigenvalue weighted by Crippen LogP contribution is -2.13. The number of esters is 1. The quantitative estimate of drug-likeness (QED) is 0.587. The van der Waals surface area contributed by atoms with E-state index in [-0.39, 0.29) is 23.7 Å². The predicted molar refractivity (Wildman–Crippen MR) is 89.1 cm³/mol. The van der Waals surface area contributed by atoms with Crippen molar-refractivity contribution in [1.82, 2.24) is 4.98 Å². The number of nitrogens with two attached hydrogens (primary N) is 1. The molecule has 0 bridgehead atoms. The number of aliphatic hydroxyl groups excluding tert-OH is 1. The number of hydrogen-bond donors (Lipinski definition) is 3. The smallest absolute Gasteiger partial charge is 0.356 e. The Morgan fingerprint density at radius 1 is 1.43 bits per heavy atom. The molecule has 3 N–H and O–H groups in total. The summed E-state index contributed by atoms with van der Waals surface area (Å²) in [6, 6.07) is 4.68. The monoisotopic (exact) mass is 314 g/mol. The van der Waals surface area contributed by atoms with Crippen LogP contribution in [-0.2, 0) is 4.74 Å². The van der Waals surface area contributed by atoms with Crippen molar-refractivity contribution in [3.8, 4) is 0 Å². The van der Waals surface area contributed by atoms with Crippen molar-refractivity contribution < 1.29 is 14.6 Å². The first-order chi connectivity index (χ1) is 10.1. The lowest BCUT2D eigenvalue weighted by atomic mass is 10.2. The Balaban J connectivity index is 0. The maximum absolute atomic E-state index is 11.4.